The monoisotopic (exact) mass is 568 g/mol. The molecule has 0 saturated carbocycles. The highest BCUT2D eigenvalue weighted by molar-refractivity contribution is 14.1. The van der Waals surface area contributed by atoms with Crippen LogP contribution in [0.1, 0.15) is 18.9 Å². The van der Waals surface area contributed by atoms with Gasteiger partial charge in [-0.3, -0.25) is 9.59 Å². The molecule has 2 amide bonds. The van der Waals surface area contributed by atoms with Crippen molar-refractivity contribution in [3.63, 3.8) is 0 Å². The highest BCUT2D eigenvalue weighted by Crippen LogP contribution is 2.30. The molecule has 0 fully saturated rings. The first-order valence-corrected chi connectivity index (χ1v) is 11.6. The van der Waals surface area contributed by atoms with Crippen molar-refractivity contribution in [2.45, 2.75) is 38.1 Å². The van der Waals surface area contributed by atoms with Crippen molar-refractivity contribution < 1.29 is 28.9 Å². The van der Waals surface area contributed by atoms with Gasteiger partial charge < -0.3 is 25.2 Å². The molecule has 3 N–H and O–H groups in total. The number of carbonyl (C=O) groups is 2. The number of rotatable bonds is 8. The molecule has 3 rings (SSSR count). The number of amides is 2. The summed E-state index contributed by atoms with van der Waals surface area (Å²) >= 11 is 2.12. The minimum atomic E-state index is -1.11. The standard InChI is InChI=1S/C24H26FIN2O5/c1-15(30)28(14-16-6-8-18(25)9-7-16)20-12-17(24(32)27-10-11-29)13-22(23(20)31)33-21-5-3-2-4-19(21)26/h2-9,13,20,22-23,29,31H,10-12,14H2,1H3,(H,27,32). The number of hydrogen-bond acceptors (Lipinski definition) is 5. The number of nitrogens with zero attached hydrogens (tertiary/aromatic N) is 1. The van der Waals surface area contributed by atoms with Gasteiger partial charge in [0.1, 0.15) is 23.8 Å². The molecule has 9 heteroatoms. The summed E-state index contributed by atoms with van der Waals surface area (Å²) in [6, 6.07) is 12.3. The van der Waals surface area contributed by atoms with Gasteiger partial charge in [0.05, 0.1) is 16.2 Å². The fourth-order valence-electron chi connectivity index (χ4n) is 3.72. The summed E-state index contributed by atoms with van der Waals surface area (Å²) in [6.45, 7) is 1.39. The zero-order chi connectivity index (χ0) is 24.0. The van der Waals surface area contributed by atoms with Crippen LogP contribution in [0.3, 0.4) is 0 Å². The van der Waals surface area contributed by atoms with Gasteiger partial charge >= 0.3 is 0 Å². The normalized spacial score (nSPS) is 20.0. The number of halogens is 2. The molecule has 0 heterocycles. The summed E-state index contributed by atoms with van der Waals surface area (Å²) in [5.41, 5.74) is 1.04. The summed E-state index contributed by atoms with van der Waals surface area (Å²) < 4.78 is 20.2. The second-order valence-corrected chi connectivity index (χ2v) is 8.88. The maximum Gasteiger partial charge on any atom is 0.247 e. The number of carbonyl (C=O) groups excluding carboxylic acids is 2. The molecule has 0 bridgehead atoms. The predicted octanol–water partition coefficient (Wildman–Crippen LogP) is 2.39. The fourth-order valence-corrected chi connectivity index (χ4v) is 4.23. The molecule has 0 saturated heterocycles. The first-order chi connectivity index (χ1) is 15.8. The quantitative estimate of drug-likeness (QED) is 0.425. The summed E-state index contributed by atoms with van der Waals surface area (Å²) in [4.78, 5) is 26.7. The Morgan fingerprint density at radius 1 is 1.21 bits per heavy atom. The molecule has 3 unspecified atom stereocenters. The lowest BCUT2D eigenvalue weighted by molar-refractivity contribution is -0.137. The Kier molecular flexibility index (Phi) is 8.81. The van der Waals surface area contributed by atoms with Crippen molar-refractivity contribution in [3.05, 3.63) is 75.1 Å². The molecule has 7 nitrogen and oxygen atoms in total. The van der Waals surface area contributed by atoms with Crippen molar-refractivity contribution in [2.24, 2.45) is 0 Å². The Labute approximate surface area is 205 Å². The number of hydrogen-bond donors (Lipinski definition) is 3. The molecule has 1 aliphatic carbocycles. The summed E-state index contributed by atoms with van der Waals surface area (Å²) in [7, 11) is 0. The average molecular weight is 568 g/mol. The lowest BCUT2D eigenvalue weighted by atomic mass is 9.88. The highest BCUT2D eigenvalue weighted by Gasteiger charge is 2.39. The summed E-state index contributed by atoms with van der Waals surface area (Å²) in [6.07, 6.45) is -0.331. The number of aliphatic hydroxyl groups is 2. The van der Waals surface area contributed by atoms with E-state index in [1.165, 1.54) is 24.0 Å². The average Bonchev–Trinajstić information content (AvgIpc) is 2.79. The van der Waals surface area contributed by atoms with Gasteiger partial charge in [-0.1, -0.05) is 24.3 Å². The third kappa shape index (κ3) is 6.52. The van der Waals surface area contributed by atoms with E-state index in [1.807, 2.05) is 12.1 Å². The largest absolute Gasteiger partial charge is 0.482 e. The Hall–Kier alpha value is -2.50. The molecule has 0 aromatic heterocycles. The second kappa shape index (κ2) is 11.6. The number of nitrogens with one attached hydrogen (secondary N) is 1. The van der Waals surface area contributed by atoms with Crippen LogP contribution in [0, 0.1) is 9.39 Å². The molecule has 1 aliphatic rings. The molecular weight excluding hydrogens is 542 g/mol. The topological polar surface area (TPSA) is 99.1 Å². The van der Waals surface area contributed by atoms with Crippen LogP contribution in [0.5, 0.6) is 5.75 Å². The molecule has 2 aromatic rings. The van der Waals surface area contributed by atoms with E-state index in [9.17, 15) is 19.1 Å². The van der Waals surface area contributed by atoms with E-state index >= 15 is 0 Å². The van der Waals surface area contributed by atoms with Crippen molar-refractivity contribution >= 4 is 34.4 Å². The third-order valence-electron chi connectivity index (χ3n) is 5.39. The Bertz CT molecular complexity index is 1010. The van der Waals surface area contributed by atoms with E-state index < -0.39 is 24.2 Å². The van der Waals surface area contributed by atoms with E-state index in [1.54, 1.807) is 30.3 Å². The van der Waals surface area contributed by atoms with Crippen LogP contribution in [0.25, 0.3) is 0 Å². The van der Waals surface area contributed by atoms with Crippen molar-refractivity contribution in [3.8, 4) is 5.75 Å². The number of aliphatic hydroxyl groups excluding tert-OH is 2. The first-order valence-electron chi connectivity index (χ1n) is 10.5. The van der Waals surface area contributed by atoms with Crippen LogP contribution in [0.2, 0.25) is 0 Å². The second-order valence-electron chi connectivity index (χ2n) is 7.72. The molecule has 0 aliphatic heterocycles. The van der Waals surface area contributed by atoms with Gasteiger partial charge in [0.2, 0.25) is 11.8 Å². The van der Waals surface area contributed by atoms with Crippen molar-refractivity contribution in [1.82, 2.24) is 10.2 Å². The molecule has 2 aromatic carbocycles. The number of ether oxygens (including phenoxy) is 1. The SMILES string of the molecule is CC(=O)N(Cc1ccc(F)cc1)C1CC(C(=O)NCCO)=CC(Oc2ccccc2I)C1O. The van der Waals surface area contributed by atoms with Crippen LogP contribution in [-0.2, 0) is 16.1 Å². The molecule has 176 valence electrons. The van der Waals surface area contributed by atoms with Crippen molar-refractivity contribution in [1.29, 1.82) is 0 Å². The molecular formula is C24H26FIN2O5. The van der Waals surface area contributed by atoms with E-state index in [0.717, 1.165) is 3.57 Å². The molecule has 3 atom stereocenters. The molecule has 0 radical (unpaired) electrons. The van der Waals surface area contributed by atoms with Crippen molar-refractivity contribution in [2.75, 3.05) is 13.2 Å². The van der Waals surface area contributed by atoms with Gasteiger partial charge in [0.25, 0.3) is 0 Å². The van der Waals surface area contributed by atoms with Gasteiger partial charge in [-0.25, -0.2) is 4.39 Å². The van der Waals surface area contributed by atoms with Gasteiger partial charge in [-0.05, 0) is 58.5 Å². The zero-order valence-electron chi connectivity index (χ0n) is 18.1. The van der Waals surface area contributed by atoms with Crippen LogP contribution < -0.4 is 10.1 Å². The Morgan fingerprint density at radius 3 is 2.55 bits per heavy atom. The lowest BCUT2D eigenvalue weighted by Crippen LogP contribution is -2.54. The minimum Gasteiger partial charge on any atom is -0.482 e. The molecule has 0 spiro atoms. The van der Waals surface area contributed by atoms with E-state index in [-0.39, 0.29) is 37.8 Å². The maximum atomic E-state index is 13.3. The van der Waals surface area contributed by atoms with E-state index in [0.29, 0.717) is 16.9 Å². The van der Waals surface area contributed by atoms with Gasteiger partial charge in [-0.2, -0.15) is 0 Å². The summed E-state index contributed by atoms with van der Waals surface area (Å²) in [5.74, 6) is -0.541. The summed E-state index contributed by atoms with van der Waals surface area (Å²) in [5, 5.41) is 22.9. The fraction of sp³-hybridized carbons (Fsp3) is 0.333. The molecule has 33 heavy (non-hydrogen) atoms. The van der Waals surface area contributed by atoms with Crippen LogP contribution in [-0.4, -0.2) is 58.3 Å². The third-order valence-corrected chi connectivity index (χ3v) is 6.28. The predicted molar refractivity (Wildman–Crippen MR) is 129 cm³/mol. The minimum absolute atomic E-state index is 0.0809. The van der Waals surface area contributed by atoms with Crippen LogP contribution in [0.15, 0.2) is 60.2 Å². The highest BCUT2D eigenvalue weighted by atomic mass is 127. The lowest BCUT2D eigenvalue weighted by Gasteiger charge is -2.40. The van der Waals surface area contributed by atoms with Gasteiger partial charge in [0.15, 0.2) is 0 Å². The zero-order valence-corrected chi connectivity index (χ0v) is 20.2. The number of para-hydroxylation sites is 1. The van der Waals surface area contributed by atoms with Gasteiger partial charge in [0, 0.05) is 32.0 Å². The first kappa shape index (κ1) is 25.1. The van der Waals surface area contributed by atoms with Crippen LogP contribution in [0.4, 0.5) is 4.39 Å². The smallest absolute Gasteiger partial charge is 0.247 e. The number of benzene rings is 2. The van der Waals surface area contributed by atoms with E-state index in [2.05, 4.69) is 27.9 Å². The maximum absolute atomic E-state index is 13.3. The Balaban J connectivity index is 1.92. The van der Waals surface area contributed by atoms with Crippen LogP contribution >= 0.6 is 22.6 Å². The van der Waals surface area contributed by atoms with Gasteiger partial charge in [-0.15, -0.1) is 0 Å². The Morgan fingerprint density at radius 2 is 1.91 bits per heavy atom. The van der Waals surface area contributed by atoms with E-state index in [4.69, 9.17) is 9.84 Å².